The first kappa shape index (κ1) is 15.4. The molecule has 0 radical (unpaired) electrons. The third-order valence-electron chi connectivity index (χ3n) is 5.53. The van der Waals surface area contributed by atoms with Gasteiger partial charge in [-0.05, 0) is 55.8 Å². The van der Waals surface area contributed by atoms with E-state index in [0.29, 0.717) is 0 Å². The largest absolute Gasteiger partial charge is 0.381 e. The molecular formula is C18H34O. The summed E-state index contributed by atoms with van der Waals surface area (Å²) in [5.41, 5.74) is 0.821. The highest BCUT2D eigenvalue weighted by molar-refractivity contribution is 4.95. The Labute approximate surface area is 120 Å². The lowest BCUT2D eigenvalue weighted by atomic mass is 9.54. The number of hydrogen-bond donors (Lipinski definition) is 0. The van der Waals surface area contributed by atoms with Crippen LogP contribution in [0, 0.1) is 17.3 Å². The fraction of sp³-hybridized carbons (Fsp3) is 1.00. The van der Waals surface area contributed by atoms with E-state index in [1.807, 2.05) is 0 Å². The van der Waals surface area contributed by atoms with Gasteiger partial charge in [0.05, 0.1) is 0 Å². The van der Waals surface area contributed by atoms with Gasteiger partial charge in [0.25, 0.3) is 0 Å². The molecule has 0 heterocycles. The van der Waals surface area contributed by atoms with Gasteiger partial charge < -0.3 is 4.74 Å². The summed E-state index contributed by atoms with van der Waals surface area (Å²) in [7, 11) is 0. The van der Waals surface area contributed by atoms with E-state index >= 15 is 0 Å². The number of rotatable bonds is 8. The summed E-state index contributed by atoms with van der Waals surface area (Å²) < 4.78 is 5.53. The second-order valence-electron chi connectivity index (χ2n) is 7.42. The molecule has 0 unspecified atom stereocenters. The average molecular weight is 266 g/mol. The van der Waals surface area contributed by atoms with Crippen molar-refractivity contribution in [2.24, 2.45) is 17.3 Å². The van der Waals surface area contributed by atoms with Crippen molar-refractivity contribution in [3.05, 3.63) is 0 Å². The Kier molecular flexibility index (Phi) is 6.19. The highest BCUT2D eigenvalue weighted by atomic mass is 16.5. The monoisotopic (exact) mass is 266 g/mol. The molecule has 1 nitrogen and oxygen atoms in total. The second-order valence-corrected chi connectivity index (χ2v) is 7.42. The minimum atomic E-state index is 0.821. The molecule has 2 aliphatic carbocycles. The van der Waals surface area contributed by atoms with Crippen molar-refractivity contribution in [2.45, 2.75) is 84.5 Å². The standard InChI is InChI=1S/C18H34O/c1-3-12-19-13-6-4-5-7-17-14-18(15-17)10-8-16(2)9-11-18/h16-17H,3-15H2,1-2H3. The van der Waals surface area contributed by atoms with E-state index < -0.39 is 0 Å². The zero-order chi connectivity index (χ0) is 13.6. The van der Waals surface area contributed by atoms with Gasteiger partial charge in [0.15, 0.2) is 0 Å². The lowest BCUT2D eigenvalue weighted by molar-refractivity contribution is -0.00225. The highest BCUT2D eigenvalue weighted by Gasteiger charge is 2.44. The van der Waals surface area contributed by atoms with Gasteiger partial charge in [0.1, 0.15) is 0 Å². The minimum absolute atomic E-state index is 0.821. The normalized spacial score (nSPS) is 34.4. The maximum atomic E-state index is 5.53. The van der Waals surface area contributed by atoms with Gasteiger partial charge in [0, 0.05) is 13.2 Å². The van der Waals surface area contributed by atoms with Crippen LogP contribution in [0.15, 0.2) is 0 Å². The lowest BCUT2D eigenvalue weighted by Crippen LogP contribution is -2.39. The van der Waals surface area contributed by atoms with E-state index in [-0.39, 0.29) is 0 Å². The summed E-state index contributed by atoms with van der Waals surface area (Å²) in [5, 5.41) is 0. The molecule has 0 aromatic carbocycles. The summed E-state index contributed by atoms with van der Waals surface area (Å²) in [4.78, 5) is 0. The Morgan fingerprint density at radius 2 is 1.74 bits per heavy atom. The summed E-state index contributed by atoms with van der Waals surface area (Å²) in [5.74, 6) is 2.08. The molecule has 2 fully saturated rings. The third kappa shape index (κ3) is 4.77. The Morgan fingerprint density at radius 3 is 2.42 bits per heavy atom. The molecule has 0 amide bonds. The predicted molar refractivity (Wildman–Crippen MR) is 82.4 cm³/mol. The minimum Gasteiger partial charge on any atom is -0.381 e. The van der Waals surface area contributed by atoms with Crippen LogP contribution in [0.25, 0.3) is 0 Å². The molecule has 0 aliphatic heterocycles. The molecule has 2 saturated carbocycles. The van der Waals surface area contributed by atoms with Crippen LogP contribution in [0.2, 0.25) is 0 Å². The molecule has 112 valence electrons. The van der Waals surface area contributed by atoms with Crippen LogP contribution in [0.5, 0.6) is 0 Å². The van der Waals surface area contributed by atoms with Gasteiger partial charge in [-0.3, -0.25) is 0 Å². The van der Waals surface area contributed by atoms with Gasteiger partial charge in [-0.1, -0.05) is 46.0 Å². The van der Waals surface area contributed by atoms with E-state index in [2.05, 4.69) is 13.8 Å². The molecule has 0 saturated heterocycles. The maximum Gasteiger partial charge on any atom is 0.0466 e. The van der Waals surface area contributed by atoms with Crippen LogP contribution in [0.3, 0.4) is 0 Å². The second kappa shape index (κ2) is 7.67. The molecule has 1 spiro atoms. The zero-order valence-electron chi connectivity index (χ0n) is 13.3. The smallest absolute Gasteiger partial charge is 0.0466 e. The molecule has 2 rings (SSSR count). The summed E-state index contributed by atoms with van der Waals surface area (Å²) in [6.45, 7) is 6.55. The van der Waals surface area contributed by atoms with E-state index in [9.17, 15) is 0 Å². The summed E-state index contributed by atoms with van der Waals surface area (Å²) >= 11 is 0. The molecule has 0 aromatic rings. The van der Waals surface area contributed by atoms with Crippen molar-refractivity contribution >= 4 is 0 Å². The van der Waals surface area contributed by atoms with E-state index in [0.717, 1.165) is 36.9 Å². The third-order valence-corrected chi connectivity index (χ3v) is 5.53. The van der Waals surface area contributed by atoms with Crippen LogP contribution in [-0.2, 0) is 4.74 Å². The molecule has 19 heavy (non-hydrogen) atoms. The Balaban J connectivity index is 1.45. The molecule has 0 atom stereocenters. The van der Waals surface area contributed by atoms with Crippen molar-refractivity contribution in [3.8, 4) is 0 Å². The fourth-order valence-electron chi connectivity index (χ4n) is 4.21. The van der Waals surface area contributed by atoms with E-state index in [1.54, 1.807) is 12.8 Å². The zero-order valence-corrected chi connectivity index (χ0v) is 13.3. The van der Waals surface area contributed by atoms with Crippen molar-refractivity contribution in [3.63, 3.8) is 0 Å². The first-order valence-electron chi connectivity index (χ1n) is 8.82. The van der Waals surface area contributed by atoms with Gasteiger partial charge in [-0.2, -0.15) is 0 Å². The van der Waals surface area contributed by atoms with Crippen molar-refractivity contribution < 1.29 is 4.74 Å². The molecule has 0 N–H and O–H groups in total. The van der Waals surface area contributed by atoms with Crippen LogP contribution < -0.4 is 0 Å². The lowest BCUT2D eigenvalue weighted by Gasteiger charge is -2.51. The number of ether oxygens (including phenoxy) is 1. The van der Waals surface area contributed by atoms with Crippen LogP contribution in [0.1, 0.15) is 84.5 Å². The van der Waals surface area contributed by atoms with E-state index in [4.69, 9.17) is 4.74 Å². The van der Waals surface area contributed by atoms with Crippen LogP contribution >= 0.6 is 0 Å². The average Bonchev–Trinajstić information content (AvgIpc) is 2.38. The molecule has 0 bridgehead atoms. The maximum absolute atomic E-state index is 5.53. The molecule has 2 aliphatic rings. The van der Waals surface area contributed by atoms with Crippen LogP contribution in [0.4, 0.5) is 0 Å². The first-order valence-corrected chi connectivity index (χ1v) is 8.82. The van der Waals surface area contributed by atoms with Gasteiger partial charge in [-0.15, -0.1) is 0 Å². The molecular weight excluding hydrogens is 232 g/mol. The quantitative estimate of drug-likeness (QED) is 0.521. The van der Waals surface area contributed by atoms with Gasteiger partial charge in [-0.25, -0.2) is 0 Å². The Morgan fingerprint density at radius 1 is 1.00 bits per heavy atom. The van der Waals surface area contributed by atoms with Gasteiger partial charge >= 0.3 is 0 Å². The van der Waals surface area contributed by atoms with Gasteiger partial charge in [0.2, 0.25) is 0 Å². The van der Waals surface area contributed by atoms with Crippen LogP contribution in [-0.4, -0.2) is 13.2 Å². The molecule has 1 heteroatoms. The Bertz CT molecular complexity index is 232. The van der Waals surface area contributed by atoms with Crippen molar-refractivity contribution in [2.75, 3.05) is 13.2 Å². The Hall–Kier alpha value is -0.0400. The van der Waals surface area contributed by atoms with Crippen molar-refractivity contribution in [1.29, 1.82) is 0 Å². The summed E-state index contributed by atoms with van der Waals surface area (Å²) in [6, 6.07) is 0. The first-order chi connectivity index (χ1) is 9.24. The predicted octanol–water partition coefficient (Wildman–Crippen LogP) is 5.58. The topological polar surface area (TPSA) is 9.23 Å². The van der Waals surface area contributed by atoms with Crippen molar-refractivity contribution in [1.82, 2.24) is 0 Å². The van der Waals surface area contributed by atoms with E-state index in [1.165, 1.54) is 51.4 Å². The highest BCUT2D eigenvalue weighted by Crippen LogP contribution is 2.56. The summed E-state index contributed by atoms with van der Waals surface area (Å²) in [6.07, 6.45) is 15.9. The number of unbranched alkanes of at least 4 members (excludes halogenated alkanes) is 2. The fourth-order valence-corrected chi connectivity index (χ4v) is 4.21. The number of hydrogen-bond acceptors (Lipinski definition) is 1. The molecule has 0 aromatic heterocycles. The SMILES string of the molecule is CCCOCCCCCC1CC2(CCC(C)CC2)C1.